The summed E-state index contributed by atoms with van der Waals surface area (Å²) in [5.74, 6) is 0.819. The van der Waals surface area contributed by atoms with Crippen LogP contribution in [0.4, 0.5) is 0 Å². The molecule has 7 nitrogen and oxygen atoms in total. The fourth-order valence-electron chi connectivity index (χ4n) is 3.92. The summed E-state index contributed by atoms with van der Waals surface area (Å²) in [7, 11) is 0. The first-order valence-corrected chi connectivity index (χ1v) is 12.0. The molecule has 1 aromatic carbocycles. The number of carboxylic acids is 1. The van der Waals surface area contributed by atoms with Crippen molar-refractivity contribution < 1.29 is 23.8 Å². The maximum atomic E-state index is 12.7. The number of allylic oxidation sites excluding steroid dienone is 2. The Bertz CT molecular complexity index is 1050. The molecular weight excluding hydrogens is 432 g/mol. The van der Waals surface area contributed by atoms with Crippen LogP contribution in [0.25, 0.3) is 6.08 Å². The number of carbonyl (C=O) groups excluding carboxylic acids is 1. The number of aryl methyl sites for hydroxylation is 1. The van der Waals surface area contributed by atoms with Crippen molar-refractivity contribution in [3.8, 4) is 5.75 Å². The van der Waals surface area contributed by atoms with Crippen molar-refractivity contribution in [1.82, 2.24) is 9.88 Å². The summed E-state index contributed by atoms with van der Waals surface area (Å²) in [5.41, 5.74) is 2.71. The second kappa shape index (κ2) is 12.2. The number of aromatic nitrogens is 1. The predicted molar refractivity (Wildman–Crippen MR) is 131 cm³/mol. The lowest BCUT2D eigenvalue weighted by atomic mass is 9.93. The monoisotopic (exact) mass is 466 g/mol. The molecule has 0 fully saturated rings. The Labute approximate surface area is 201 Å². The summed E-state index contributed by atoms with van der Waals surface area (Å²) >= 11 is 0. The highest BCUT2D eigenvalue weighted by molar-refractivity contribution is 5.91. The molecule has 0 spiro atoms. The molecule has 1 amide bonds. The highest BCUT2D eigenvalue weighted by Crippen LogP contribution is 2.28. The SMILES string of the molecule is CCC/C=C/C(=O)N1Cc2cc(OCCc3nc(/C=C/CCC)oc3C)ccc2C[C@H]1C(=O)O. The van der Waals surface area contributed by atoms with E-state index < -0.39 is 12.0 Å². The molecule has 1 atom stereocenters. The van der Waals surface area contributed by atoms with Gasteiger partial charge in [0.05, 0.1) is 12.3 Å². The molecule has 0 unspecified atom stereocenters. The topological polar surface area (TPSA) is 92.9 Å². The Hall–Kier alpha value is -3.35. The first-order chi connectivity index (χ1) is 16.4. The van der Waals surface area contributed by atoms with Gasteiger partial charge in [0.15, 0.2) is 0 Å². The molecule has 0 saturated carbocycles. The average Bonchev–Trinajstić information content (AvgIpc) is 3.17. The lowest BCUT2D eigenvalue weighted by molar-refractivity contribution is -0.149. The van der Waals surface area contributed by atoms with Crippen LogP contribution in [0.15, 0.2) is 40.8 Å². The number of ether oxygens (including phenoxy) is 1. The second-order valence-corrected chi connectivity index (χ2v) is 8.49. The zero-order valence-electron chi connectivity index (χ0n) is 20.3. The number of carboxylic acid groups (broad SMARTS) is 1. The Morgan fingerprint density at radius 3 is 2.71 bits per heavy atom. The first-order valence-electron chi connectivity index (χ1n) is 12.0. The zero-order chi connectivity index (χ0) is 24.5. The van der Waals surface area contributed by atoms with Crippen LogP contribution in [-0.2, 0) is 29.0 Å². The van der Waals surface area contributed by atoms with Crippen molar-refractivity contribution in [2.45, 2.75) is 71.9 Å². The standard InChI is InChI=1S/C27H34N2O5/c1-4-6-8-10-25-28-23(19(3)34-25)14-15-33-22-13-12-20-17-24(27(31)32)29(18-21(20)16-22)26(30)11-9-7-5-2/h8-13,16,24H,4-7,14-15,17-18H2,1-3H3,(H,31,32)/b10-8+,11-9+/t24-/m0/s1. The van der Waals surface area contributed by atoms with E-state index in [4.69, 9.17) is 9.15 Å². The van der Waals surface area contributed by atoms with E-state index in [2.05, 4.69) is 18.0 Å². The summed E-state index contributed by atoms with van der Waals surface area (Å²) in [6.07, 6.45) is 11.9. The smallest absolute Gasteiger partial charge is 0.326 e. The van der Waals surface area contributed by atoms with Crippen LogP contribution in [0, 0.1) is 6.92 Å². The highest BCUT2D eigenvalue weighted by atomic mass is 16.5. The Kier molecular flexibility index (Phi) is 9.08. The first kappa shape index (κ1) is 25.3. The largest absolute Gasteiger partial charge is 0.493 e. The van der Waals surface area contributed by atoms with E-state index >= 15 is 0 Å². The van der Waals surface area contributed by atoms with Crippen molar-refractivity contribution in [1.29, 1.82) is 0 Å². The third-order valence-corrected chi connectivity index (χ3v) is 5.82. The summed E-state index contributed by atoms with van der Waals surface area (Å²) in [4.78, 5) is 30.4. The molecule has 182 valence electrons. The van der Waals surface area contributed by atoms with Gasteiger partial charge >= 0.3 is 5.97 Å². The predicted octanol–water partition coefficient (Wildman–Crippen LogP) is 5.11. The second-order valence-electron chi connectivity index (χ2n) is 8.49. The van der Waals surface area contributed by atoms with E-state index in [1.807, 2.05) is 38.1 Å². The molecule has 1 aliphatic heterocycles. The van der Waals surface area contributed by atoms with Crippen molar-refractivity contribution in [3.63, 3.8) is 0 Å². The molecule has 1 aliphatic rings. The van der Waals surface area contributed by atoms with Gasteiger partial charge in [0, 0.05) is 19.4 Å². The van der Waals surface area contributed by atoms with Gasteiger partial charge in [0.25, 0.3) is 0 Å². The quantitative estimate of drug-likeness (QED) is 0.463. The van der Waals surface area contributed by atoms with E-state index in [1.54, 1.807) is 6.08 Å². The van der Waals surface area contributed by atoms with Crippen molar-refractivity contribution in [2.75, 3.05) is 6.61 Å². The minimum atomic E-state index is -0.991. The number of hydrogen-bond donors (Lipinski definition) is 1. The van der Waals surface area contributed by atoms with Crippen LogP contribution in [0.3, 0.4) is 0 Å². The summed E-state index contributed by atoms with van der Waals surface area (Å²) in [5, 5.41) is 9.66. The molecule has 2 aromatic rings. The average molecular weight is 467 g/mol. The van der Waals surface area contributed by atoms with E-state index in [1.165, 1.54) is 11.0 Å². The number of carbonyl (C=O) groups is 2. The number of fused-ring (bicyclic) bond motifs is 1. The third-order valence-electron chi connectivity index (χ3n) is 5.82. The Balaban J connectivity index is 1.65. The van der Waals surface area contributed by atoms with E-state index in [0.29, 0.717) is 24.7 Å². The third kappa shape index (κ3) is 6.59. The van der Waals surface area contributed by atoms with E-state index in [-0.39, 0.29) is 18.9 Å². The molecular formula is C27H34N2O5. The minimum absolute atomic E-state index is 0.245. The van der Waals surface area contributed by atoms with Crippen LogP contribution >= 0.6 is 0 Å². The van der Waals surface area contributed by atoms with Gasteiger partial charge in [-0.2, -0.15) is 0 Å². The summed E-state index contributed by atoms with van der Waals surface area (Å²) in [6.45, 7) is 6.73. The summed E-state index contributed by atoms with van der Waals surface area (Å²) < 4.78 is 11.6. The number of aliphatic carboxylic acids is 1. The van der Waals surface area contributed by atoms with Crippen LogP contribution in [0.5, 0.6) is 5.75 Å². The van der Waals surface area contributed by atoms with Crippen LogP contribution in [0.2, 0.25) is 0 Å². The maximum absolute atomic E-state index is 12.7. The normalized spacial score (nSPS) is 15.7. The highest BCUT2D eigenvalue weighted by Gasteiger charge is 2.33. The number of amides is 1. The van der Waals surface area contributed by atoms with Gasteiger partial charge in [0.2, 0.25) is 11.8 Å². The number of benzene rings is 1. The minimum Gasteiger partial charge on any atom is -0.493 e. The Morgan fingerprint density at radius 1 is 1.21 bits per heavy atom. The molecule has 34 heavy (non-hydrogen) atoms. The molecule has 1 aromatic heterocycles. The fourth-order valence-corrected chi connectivity index (χ4v) is 3.92. The van der Waals surface area contributed by atoms with Gasteiger partial charge in [-0.15, -0.1) is 0 Å². The lowest BCUT2D eigenvalue weighted by Gasteiger charge is -2.34. The maximum Gasteiger partial charge on any atom is 0.326 e. The zero-order valence-corrected chi connectivity index (χ0v) is 20.3. The number of nitrogens with zero attached hydrogens (tertiary/aromatic N) is 2. The molecule has 2 heterocycles. The van der Waals surface area contributed by atoms with Gasteiger partial charge in [-0.3, -0.25) is 4.79 Å². The van der Waals surface area contributed by atoms with Crippen LogP contribution < -0.4 is 4.74 Å². The molecule has 3 rings (SSSR count). The van der Waals surface area contributed by atoms with Crippen molar-refractivity contribution >= 4 is 18.0 Å². The van der Waals surface area contributed by atoms with Crippen LogP contribution in [0.1, 0.15) is 68.0 Å². The molecule has 0 aliphatic carbocycles. The molecule has 0 radical (unpaired) electrons. The van der Waals surface area contributed by atoms with Gasteiger partial charge in [-0.25, -0.2) is 9.78 Å². The molecule has 1 N–H and O–H groups in total. The number of hydrogen-bond acceptors (Lipinski definition) is 5. The van der Waals surface area contributed by atoms with Gasteiger partial charge < -0.3 is 19.2 Å². The Morgan fingerprint density at radius 2 is 1.97 bits per heavy atom. The van der Waals surface area contributed by atoms with Gasteiger partial charge in [-0.05, 0) is 55.2 Å². The van der Waals surface area contributed by atoms with Gasteiger partial charge in [-0.1, -0.05) is 44.9 Å². The van der Waals surface area contributed by atoms with E-state index in [0.717, 1.165) is 48.3 Å². The van der Waals surface area contributed by atoms with Crippen LogP contribution in [-0.4, -0.2) is 39.5 Å². The number of oxazole rings is 1. The van der Waals surface area contributed by atoms with Crippen molar-refractivity contribution in [2.24, 2.45) is 0 Å². The van der Waals surface area contributed by atoms with Gasteiger partial charge in [0.1, 0.15) is 17.6 Å². The molecule has 0 bridgehead atoms. The molecule has 7 heteroatoms. The van der Waals surface area contributed by atoms with Crippen molar-refractivity contribution in [3.05, 3.63) is 64.9 Å². The number of rotatable bonds is 11. The number of unbranched alkanes of at least 4 members (excludes halogenated alkanes) is 2. The molecule has 0 saturated heterocycles. The van der Waals surface area contributed by atoms with E-state index in [9.17, 15) is 14.7 Å². The fraction of sp³-hybridized carbons (Fsp3) is 0.444. The lowest BCUT2D eigenvalue weighted by Crippen LogP contribution is -2.48. The summed E-state index contributed by atoms with van der Waals surface area (Å²) in [6, 6.07) is 4.78.